The molecule has 2 nitrogen and oxygen atoms in total. The van der Waals surface area contributed by atoms with Crippen molar-refractivity contribution in [2.75, 3.05) is 6.61 Å². The van der Waals surface area contributed by atoms with E-state index in [1.807, 2.05) is 0 Å². The quantitative estimate of drug-likeness (QED) is 0.637. The first-order chi connectivity index (χ1) is 6.29. The van der Waals surface area contributed by atoms with Crippen molar-refractivity contribution in [1.82, 2.24) is 0 Å². The van der Waals surface area contributed by atoms with Crippen LogP contribution >= 0.6 is 0 Å². The fourth-order valence-corrected chi connectivity index (χ4v) is 2.33. The first kappa shape index (κ1) is 11.5. The van der Waals surface area contributed by atoms with Gasteiger partial charge in [-0.25, -0.2) is 0 Å². The van der Waals surface area contributed by atoms with Crippen molar-refractivity contribution in [1.29, 1.82) is 0 Å². The van der Waals surface area contributed by atoms with E-state index in [2.05, 4.69) is 27.7 Å². The number of ether oxygens (including phenoxy) is 1. The highest BCUT2D eigenvalue weighted by atomic mass is 16.5. The highest BCUT2D eigenvalue weighted by Crippen LogP contribution is 2.55. The average Bonchev–Trinajstić information content (AvgIpc) is 2.27. The van der Waals surface area contributed by atoms with Gasteiger partial charge in [0.1, 0.15) is 0 Å². The Bertz CT molecular complexity index is 232. The SMILES string of the molecule is CC(=O)OC[C@@]1(C)CC[C@@H](C)C1(C)C. The van der Waals surface area contributed by atoms with Gasteiger partial charge in [0.2, 0.25) is 0 Å². The summed E-state index contributed by atoms with van der Waals surface area (Å²) in [6, 6.07) is 0. The van der Waals surface area contributed by atoms with Gasteiger partial charge in [-0.1, -0.05) is 27.7 Å². The molecule has 0 aliphatic heterocycles. The normalized spacial score (nSPS) is 35.6. The molecule has 0 radical (unpaired) electrons. The van der Waals surface area contributed by atoms with Crippen molar-refractivity contribution in [3.63, 3.8) is 0 Å². The molecule has 2 heteroatoms. The van der Waals surface area contributed by atoms with Crippen molar-refractivity contribution in [3.05, 3.63) is 0 Å². The van der Waals surface area contributed by atoms with Gasteiger partial charge in [-0.15, -0.1) is 0 Å². The molecule has 1 fully saturated rings. The summed E-state index contributed by atoms with van der Waals surface area (Å²) in [5, 5.41) is 0. The number of rotatable bonds is 2. The van der Waals surface area contributed by atoms with E-state index in [9.17, 15) is 4.79 Å². The third-order valence-electron chi connectivity index (χ3n) is 4.51. The molecule has 0 heterocycles. The molecule has 0 aromatic heterocycles. The predicted molar refractivity (Wildman–Crippen MR) is 56.9 cm³/mol. The highest BCUT2D eigenvalue weighted by Gasteiger charge is 2.50. The number of hydrogen-bond donors (Lipinski definition) is 0. The Morgan fingerprint density at radius 3 is 2.36 bits per heavy atom. The van der Waals surface area contributed by atoms with Crippen LogP contribution in [0.5, 0.6) is 0 Å². The molecule has 0 aromatic carbocycles. The van der Waals surface area contributed by atoms with E-state index in [0.717, 1.165) is 6.42 Å². The molecule has 0 spiro atoms. The molecule has 0 bridgehead atoms. The maximum atomic E-state index is 10.8. The Kier molecular flexibility index (Phi) is 2.93. The molecule has 0 N–H and O–H groups in total. The maximum absolute atomic E-state index is 10.8. The molecule has 0 unspecified atom stereocenters. The van der Waals surface area contributed by atoms with Gasteiger partial charge in [-0.05, 0) is 24.2 Å². The Morgan fingerprint density at radius 2 is 2.00 bits per heavy atom. The number of carbonyl (C=O) groups is 1. The van der Waals surface area contributed by atoms with E-state index in [0.29, 0.717) is 12.5 Å². The predicted octanol–water partition coefficient (Wildman–Crippen LogP) is 3.01. The molecule has 1 aliphatic rings. The Balaban J connectivity index is 2.69. The van der Waals surface area contributed by atoms with Crippen LogP contribution in [-0.4, -0.2) is 12.6 Å². The molecular formula is C12H22O2. The van der Waals surface area contributed by atoms with Gasteiger partial charge < -0.3 is 4.74 Å². The van der Waals surface area contributed by atoms with Crippen LogP contribution < -0.4 is 0 Å². The van der Waals surface area contributed by atoms with Crippen molar-refractivity contribution in [2.45, 2.75) is 47.5 Å². The van der Waals surface area contributed by atoms with E-state index in [4.69, 9.17) is 4.74 Å². The third kappa shape index (κ3) is 1.79. The van der Waals surface area contributed by atoms with Crippen LogP contribution in [0.15, 0.2) is 0 Å². The molecular weight excluding hydrogens is 176 g/mol. The van der Waals surface area contributed by atoms with Gasteiger partial charge in [0.05, 0.1) is 6.61 Å². The monoisotopic (exact) mass is 198 g/mol. The van der Waals surface area contributed by atoms with Crippen molar-refractivity contribution in [2.24, 2.45) is 16.7 Å². The Hall–Kier alpha value is -0.530. The van der Waals surface area contributed by atoms with Gasteiger partial charge in [0.15, 0.2) is 0 Å². The molecule has 14 heavy (non-hydrogen) atoms. The van der Waals surface area contributed by atoms with Crippen molar-refractivity contribution < 1.29 is 9.53 Å². The van der Waals surface area contributed by atoms with Crippen LogP contribution in [0.25, 0.3) is 0 Å². The fourth-order valence-electron chi connectivity index (χ4n) is 2.33. The van der Waals surface area contributed by atoms with Crippen molar-refractivity contribution >= 4 is 5.97 Å². The van der Waals surface area contributed by atoms with Crippen LogP contribution in [-0.2, 0) is 9.53 Å². The van der Waals surface area contributed by atoms with E-state index in [-0.39, 0.29) is 16.8 Å². The van der Waals surface area contributed by atoms with Gasteiger partial charge >= 0.3 is 5.97 Å². The number of carbonyl (C=O) groups excluding carboxylic acids is 1. The summed E-state index contributed by atoms with van der Waals surface area (Å²) >= 11 is 0. The number of hydrogen-bond acceptors (Lipinski definition) is 2. The smallest absolute Gasteiger partial charge is 0.302 e. The second-order valence-electron chi connectivity index (χ2n) is 5.50. The second kappa shape index (κ2) is 3.56. The van der Waals surface area contributed by atoms with Crippen LogP contribution in [0.2, 0.25) is 0 Å². The lowest BCUT2D eigenvalue weighted by Crippen LogP contribution is -2.37. The molecule has 82 valence electrons. The summed E-state index contributed by atoms with van der Waals surface area (Å²) in [4.78, 5) is 10.8. The molecule has 0 saturated heterocycles. The maximum Gasteiger partial charge on any atom is 0.302 e. The second-order valence-corrected chi connectivity index (χ2v) is 5.50. The number of esters is 1. The molecule has 1 rings (SSSR count). The van der Waals surface area contributed by atoms with Gasteiger partial charge in [0, 0.05) is 12.3 Å². The third-order valence-corrected chi connectivity index (χ3v) is 4.51. The minimum absolute atomic E-state index is 0.151. The van der Waals surface area contributed by atoms with E-state index in [1.165, 1.54) is 13.3 Å². The summed E-state index contributed by atoms with van der Waals surface area (Å²) in [7, 11) is 0. The van der Waals surface area contributed by atoms with Crippen molar-refractivity contribution in [3.8, 4) is 0 Å². The minimum Gasteiger partial charge on any atom is -0.465 e. The highest BCUT2D eigenvalue weighted by molar-refractivity contribution is 5.65. The van der Waals surface area contributed by atoms with E-state index < -0.39 is 0 Å². The largest absolute Gasteiger partial charge is 0.465 e. The molecule has 2 atom stereocenters. The Labute approximate surface area is 87.0 Å². The summed E-state index contributed by atoms with van der Waals surface area (Å²) in [5.74, 6) is 0.546. The zero-order chi connectivity index (χ0) is 11.0. The average molecular weight is 198 g/mol. The zero-order valence-corrected chi connectivity index (χ0v) is 10.0. The first-order valence-corrected chi connectivity index (χ1v) is 5.43. The van der Waals surface area contributed by atoms with Crippen LogP contribution in [0.1, 0.15) is 47.5 Å². The van der Waals surface area contributed by atoms with Gasteiger partial charge in [-0.2, -0.15) is 0 Å². The van der Waals surface area contributed by atoms with Crippen LogP contribution in [0.4, 0.5) is 0 Å². The summed E-state index contributed by atoms with van der Waals surface area (Å²) < 4.78 is 5.17. The zero-order valence-electron chi connectivity index (χ0n) is 10.0. The first-order valence-electron chi connectivity index (χ1n) is 5.43. The van der Waals surface area contributed by atoms with Crippen LogP contribution in [0, 0.1) is 16.7 Å². The Morgan fingerprint density at radius 1 is 1.43 bits per heavy atom. The lowest BCUT2D eigenvalue weighted by molar-refractivity contribution is -0.146. The topological polar surface area (TPSA) is 26.3 Å². The van der Waals surface area contributed by atoms with E-state index in [1.54, 1.807) is 0 Å². The summed E-state index contributed by atoms with van der Waals surface area (Å²) in [5.41, 5.74) is 0.417. The standard InChI is InChI=1S/C12H22O2/c1-9-6-7-12(5,11(9,3)4)8-14-10(2)13/h9H,6-8H2,1-5H3/t9-,12-/m1/s1. The minimum atomic E-state index is -0.165. The molecule has 1 aliphatic carbocycles. The molecule has 0 aromatic rings. The molecule has 0 amide bonds. The van der Waals surface area contributed by atoms with Gasteiger partial charge in [-0.3, -0.25) is 4.79 Å². The lowest BCUT2D eigenvalue weighted by Gasteiger charge is -2.40. The fraction of sp³-hybridized carbons (Fsp3) is 0.917. The molecule has 1 saturated carbocycles. The van der Waals surface area contributed by atoms with Gasteiger partial charge in [0.25, 0.3) is 0 Å². The lowest BCUT2D eigenvalue weighted by atomic mass is 9.66. The summed E-state index contributed by atoms with van der Waals surface area (Å²) in [6.45, 7) is 11.1. The summed E-state index contributed by atoms with van der Waals surface area (Å²) in [6.07, 6.45) is 2.40. The van der Waals surface area contributed by atoms with E-state index >= 15 is 0 Å². The van der Waals surface area contributed by atoms with Crippen LogP contribution in [0.3, 0.4) is 0 Å².